The molecule has 3 aromatic rings. The molecular formula is C18H17FN4O3. The molecule has 0 fully saturated rings. The maximum absolute atomic E-state index is 13.2. The van der Waals surface area contributed by atoms with Gasteiger partial charge in [0.1, 0.15) is 17.9 Å². The maximum atomic E-state index is 13.2. The summed E-state index contributed by atoms with van der Waals surface area (Å²) in [5.41, 5.74) is 0.997. The summed E-state index contributed by atoms with van der Waals surface area (Å²) in [5.74, 6) is -0.397. The van der Waals surface area contributed by atoms with E-state index in [0.717, 1.165) is 0 Å². The summed E-state index contributed by atoms with van der Waals surface area (Å²) in [4.78, 5) is 16.0. The molecule has 7 nitrogen and oxygen atoms in total. The van der Waals surface area contributed by atoms with Crippen molar-refractivity contribution >= 4 is 11.6 Å². The number of nitrogens with zero attached hydrogens (tertiary/aromatic N) is 3. The predicted molar refractivity (Wildman–Crippen MR) is 92.3 cm³/mol. The summed E-state index contributed by atoms with van der Waals surface area (Å²) < 4.78 is 19.6. The number of rotatable bonds is 6. The molecule has 0 aliphatic carbocycles. The minimum atomic E-state index is -0.818. The Morgan fingerprint density at radius 2 is 2.08 bits per heavy atom. The van der Waals surface area contributed by atoms with Crippen LogP contribution in [0.25, 0.3) is 0 Å². The Morgan fingerprint density at radius 1 is 1.31 bits per heavy atom. The van der Waals surface area contributed by atoms with Gasteiger partial charge >= 0.3 is 0 Å². The second kappa shape index (κ2) is 7.75. The largest absolute Gasteiger partial charge is 0.497 e. The van der Waals surface area contributed by atoms with Crippen LogP contribution in [0.2, 0.25) is 0 Å². The second-order valence-corrected chi connectivity index (χ2v) is 5.54. The summed E-state index contributed by atoms with van der Waals surface area (Å²) in [6.45, 7) is 0.132. The van der Waals surface area contributed by atoms with Crippen LogP contribution in [-0.4, -0.2) is 32.9 Å². The number of anilines is 1. The number of aliphatic hydroxyl groups is 1. The van der Waals surface area contributed by atoms with E-state index in [1.165, 1.54) is 29.2 Å². The smallest absolute Gasteiger partial charge is 0.295 e. The van der Waals surface area contributed by atoms with Crippen molar-refractivity contribution in [2.75, 3.05) is 12.4 Å². The highest BCUT2D eigenvalue weighted by Crippen LogP contribution is 2.18. The number of ether oxygens (including phenoxy) is 1. The minimum absolute atomic E-state index is 0.0730. The van der Waals surface area contributed by atoms with E-state index in [-0.39, 0.29) is 12.4 Å². The lowest BCUT2D eigenvalue weighted by Gasteiger charge is -2.11. The molecule has 0 aliphatic heterocycles. The Hall–Kier alpha value is -3.26. The zero-order chi connectivity index (χ0) is 18.5. The average Bonchev–Trinajstić information content (AvgIpc) is 3.10. The molecule has 1 heterocycles. The van der Waals surface area contributed by atoms with Gasteiger partial charge in [-0.25, -0.2) is 14.1 Å². The van der Waals surface area contributed by atoms with Gasteiger partial charge in [0.2, 0.25) is 5.82 Å². The summed E-state index contributed by atoms with van der Waals surface area (Å²) in [6.07, 6.45) is 0.537. The van der Waals surface area contributed by atoms with E-state index in [1.807, 2.05) is 0 Å². The average molecular weight is 356 g/mol. The summed E-state index contributed by atoms with van der Waals surface area (Å²) in [6, 6.07) is 12.5. The summed E-state index contributed by atoms with van der Waals surface area (Å²) >= 11 is 0. The Bertz CT molecular complexity index is 895. The molecule has 1 atom stereocenters. The van der Waals surface area contributed by atoms with E-state index in [1.54, 1.807) is 37.4 Å². The molecule has 0 bridgehead atoms. The van der Waals surface area contributed by atoms with E-state index < -0.39 is 17.8 Å². The number of benzene rings is 2. The molecule has 2 aromatic carbocycles. The van der Waals surface area contributed by atoms with Gasteiger partial charge in [0, 0.05) is 5.69 Å². The van der Waals surface area contributed by atoms with Crippen LogP contribution in [0.4, 0.5) is 10.1 Å². The highest BCUT2D eigenvalue weighted by molar-refractivity contribution is 6.01. The van der Waals surface area contributed by atoms with E-state index >= 15 is 0 Å². The molecule has 1 amide bonds. The lowest BCUT2D eigenvalue weighted by molar-refractivity contribution is 0.101. The van der Waals surface area contributed by atoms with Gasteiger partial charge in [0.25, 0.3) is 5.91 Å². The monoisotopic (exact) mass is 356 g/mol. The van der Waals surface area contributed by atoms with E-state index in [2.05, 4.69) is 15.4 Å². The Balaban J connectivity index is 1.64. The number of carbonyl (C=O) groups excluding carboxylic acids is 1. The summed E-state index contributed by atoms with van der Waals surface area (Å²) in [7, 11) is 1.57. The molecule has 0 unspecified atom stereocenters. The van der Waals surface area contributed by atoms with Gasteiger partial charge in [0.05, 0.1) is 19.8 Å². The van der Waals surface area contributed by atoms with Crippen LogP contribution in [0.3, 0.4) is 0 Å². The van der Waals surface area contributed by atoms with Crippen LogP contribution in [0, 0.1) is 5.82 Å². The van der Waals surface area contributed by atoms with Crippen molar-refractivity contribution < 1.29 is 19.0 Å². The fourth-order valence-electron chi connectivity index (χ4n) is 2.35. The minimum Gasteiger partial charge on any atom is -0.497 e. The first-order valence-corrected chi connectivity index (χ1v) is 7.83. The topological polar surface area (TPSA) is 89.3 Å². The van der Waals surface area contributed by atoms with Crippen molar-refractivity contribution in [3.05, 3.63) is 72.1 Å². The Kier molecular flexibility index (Phi) is 5.23. The fourth-order valence-corrected chi connectivity index (χ4v) is 2.35. The van der Waals surface area contributed by atoms with Crippen LogP contribution in [-0.2, 0) is 6.54 Å². The van der Waals surface area contributed by atoms with Gasteiger partial charge < -0.3 is 15.2 Å². The van der Waals surface area contributed by atoms with E-state index in [0.29, 0.717) is 17.0 Å². The first-order valence-electron chi connectivity index (χ1n) is 7.83. The number of hydrogen-bond donors (Lipinski definition) is 2. The molecule has 26 heavy (non-hydrogen) atoms. The van der Waals surface area contributed by atoms with Gasteiger partial charge in [-0.2, -0.15) is 0 Å². The van der Waals surface area contributed by atoms with Gasteiger partial charge in [-0.3, -0.25) is 4.79 Å². The molecule has 0 radical (unpaired) electrons. The van der Waals surface area contributed by atoms with Crippen molar-refractivity contribution in [2.24, 2.45) is 0 Å². The number of aromatic nitrogens is 3. The number of aliphatic hydroxyl groups excluding tert-OH is 1. The van der Waals surface area contributed by atoms with Crippen LogP contribution in [0.5, 0.6) is 5.75 Å². The van der Waals surface area contributed by atoms with Crippen LogP contribution >= 0.6 is 0 Å². The quantitative estimate of drug-likeness (QED) is 0.708. The standard InChI is InChI=1S/C18H17FN4O3/c1-26-15-7-5-12(6-8-15)16(24)10-23-11-20-17(22-23)18(25)21-14-4-2-3-13(19)9-14/h2-9,11,16,24H,10H2,1H3,(H,21,25)/t16-/m1/s1. The third-order valence-electron chi connectivity index (χ3n) is 3.68. The number of amides is 1. The molecule has 2 N–H and O–H groups in total. The highest BCUT2D eigenvalue weighted by atomic mass is 19.1. The Morgan fingerprint density at radius 3 is 2.77 bits per heavy atom. The predicted octanol–water partition coefficient (Wildman–Crippen LogP) is 2.41. The van der Waals surface area contributed by atoms with Crippen molar-refractivity contribution in [2.45, 2.75) is 12.6 Å². The lowest BCUT2D eigenvalue weighted by atomic mass is 10.1. The lowest BCUT2D eigenvalue weighted by Crippen LogP contribution is -2.15. The van der Waals surface area contributed by atoms with Gasteiger partial charge in [0.15, 0.2) is 0 Å². The SMILES string of the molecule is COc1ccc([C@H](O)Cn2cnc(C(=O)Nc3cccc(F)c3)n2)cc1. The van der Waals surface area contributed by atoms with Crippen LogP contribution in [0.15, 0.2) is 54.9 Å². The third kappa shape index (κ3) is 4.22. The number of halogens is 1. The van der Waals surface area contributed by atoms with Crippen LogP contribution in [0.1, 0.15) is 22.3 Å². The molecule has 3 rings (SSSR count). The highest BCUT2D eigenvalue weighted by Gasteiger charge is 2.15. The molecule has 8 heteroatoms. The van der Waals surface area contributed by atoms with Gasteiger partial charge in [-0.05, 0) is 35.9 Å². The molecule has 0 spiro atoms. The fraction of sp³-hybridized carbons (Fsp3) is 0.167. The van der Waals surface area contributed by atoms with Crippen molar-refractivity contribution in [3.8, 4) is 5.75 Å². The van der Waals surface area contributed by atoms with Gasteiger partial charge in [-0.1, -0.05) is 18.2 Å². The molecule has 134 valence electrons. The molecule has 0 saturated carbocycles. The number of hydrogen-bond acceptors (Lipinski definition) is 5. The third-order valence-corrected chi connectivity index (χ3v) is 3.68. The molecule has 0 saturated heterocycles. The second-order valence-electron chi connectivity index (χ2n) is 5.54. The van der Waals surface area contributed by atoms with E-state index in [9.17, 15) is 14.3 Å². The number of nitrogens with one attached hydrogen (secondary N) is 1. The van der Waals surface area contributed by atoms with Crippen molar-refractivity contribution in [1.82, 2.24) is 14.8 Å². The van der Waals surface area contributed by atoms with Gasteiger partial charge in [-0.15, -0.1) is 5.10 Å². The van der Waals surface area contributed by atoms with E-state index in [4.69, 9.17) is 4.74 Å². The van der Waals surface area contributed by atoms with Crippen molar-refractivity contribution in [3.63, 3.8) is 0 Å². The first kappa shape index (κ1) is 17.6. The maximum Gasteiger partial charge on any atom is 0.295 e. The normalized spacial score (nSPS) is 11.8. The van der Waals surface area contributed by atoms with Crippen LogP contribution < -0.4 is 10.1 Å². The number of methoxy groups -OCH3 is 1. The zero-order valence-corrected chi connectivity index (χ0v) is 14.0. The molecule has 0 aliphatic rings. The van der Waals surface area contributed by atoms with Crippen molar-refractivity contribution in [1.29, 1.82) is 0 Å². The summed E-state index contributed by atoms with van der Waals surface area (Å²) in [5, 5.41) is 16.8. The molecular weight excluding hydrogens is 339 g/mol. The first-order chi connectivity index (χ1) is 12.5. The zero-order valence-electron chi connectivity index (χ0n) is 14.0. The molecule has 1 aromatic heterocycles. The number of carbonyl (C=O) groups is 1. The Labute approximate surface area is 149 Å².